The maximum Gasteiger partial charge on any atom is 0.242 e. The molecule has 1 atom stereocenters. The lowest BCUT2D eigenvalue weighted by atomic mass is 10.0. The van der Waals surface area contributed by atoms with Gasteiger partial charge in [-0.05, 0) is 36.3 Å². The number of amides is 1. The standard InChI is InChI=1S/C26H38N4O/c1-4-28-16-18-29(19-17-28)21-24-15-11-10-14-23(24)20-27-26(31)25(30(5-2)6-3)22-12-8-7-9-13-22/h7-15,25H,4-6,16-21H2,1-3H3,(H,27,31). The van der Waals surface area contributed by atoms with Crippen LogP contribution in [-0.2, 0) is 17.9 Å². The lowest BCUT2D eigenvalue weighted by Gasteiger charge is -2.34. The quantitative estimate of drug-likeness (QED) is 0.636. The zero-order valence-corrected chi connectivity index (χ0v) is 19.4. The molecule has 31 heavy (non-hydrogen) atoms. The van der Waals surface area contributed by atoms with Gasteiger partial charge in [-0.25, -0.2) is 0 Å². The van der Waals surface area contributed by atoms with Crippen molar-refractivity contribution in [2.45, 2.75) is 39.9 Å². The van der Waals surface area contributed by atoms with E-state index in [4.69, 9.17) is 0 Å². The molecule has 2 aromatic carbocycles. The van der Waals surface area contributed by atoms with Crippen molar-refractivity contribution in [2.75, 3.05) is 45.8 Å². The smallest absolute Gasteiger partial charge is 0.242 e. The first-order valence-corrected chi connectivity index (χ1v) is 11.7. The molecule has 0 saturated carbocycles. The molecule has 1 saturated heterocycles. The SMILES string of the molecule is CCN1CCN(Cc2ccccc2CNC(=O)C(c2ccccc2)N(CC)CC)CC1. The number of likely N-dealkylation sites (N-methyl/N-ethyl adjacent to an activating group) is 2. The molecule has 1 N–H and O–H groups in total. The second-order valence-electron chi connectivity index (χ2n) is 8.23. The van der Waals surface area contributed by atoms with Gasteiger partial charge < -0.3 is 10.2 Å². The van der Waals surface area contributed by atoms with Crippen LogP contribution in [0.2, 0.25) is 0 Å². The molecule has 0 aliphatic carbocycles. The summed E-state index contributed by atoms with van der Waals surface area (Å²) in [5, 5.41) is 3.23. The van der Waals surface area contributed by atoms with Crippen molar-refractivity contribution >= 4 is 5.91 Å². The fraction of sp³-hybridized carbons (Fsp3) is 0.500. The lowest BCUT2D eigenvalue weighted by molar-refractivity contribution is -0.126. The number of benzene rings is 2. The van der Waals surface area contributed by atoms with E-state index in [1.54, 1.807) is 0 Å². The molecule has 1 aliphatic rings. The first-order chi connectivity index (χ1) is 15.2. The van der Waals surface area contributed by atoms with E-state index in [0.29, 0.717) is 6.54 Å². The van der Waals surface area contributed by atoms with Crippen LogP contribution in [0, 0.1) is 0 Å². The number of rotatable bonds is 10. The van der Waals surface area contributed by atoms with E-state index in [2.05, 4.69) is 65.1 Å². The third kappa shape index (κ3) is 6.39. The summed E-state index contributed by atoms with van der Waals surface area (Å²) in [6, 6.07) is 18.4. The summed E-state index contributed by atoms with van der Waals surface area (Å²) in [6.45, 7) is 15.2. The number of hydrogen-bond donors (Lipinski definition) is 1. The normalized spacial score (nSPS) is 16.4. The molecule has 1 aliphatic heterocycles. The van der Waals surface area contributed by atoms with Gasteiger partial charge in [0.15, 0.2) is 0 Å². The number of nitrogens with one attached hydrogen (secondary N) is 1. The summed E-state index contributed by atoms with van der Waals surface area (Å²) in [7, 11) is 0. The predicted octanol–water partition coefficient (Wildman–Crippen LogP) is 3.52. The molecule has 2 aromatic rings. The highest BCUT2D eigenvalue weighted by Crippen LogP contribution is 2.21. The van der Waals surface area contributed by atoms with Crippen molar-refractivity contribution in [2.24, 2.45) is 0 Å². The van der Waals surface area contributed by atoms with Gasteiger partial charge in [0.2, 0.25) is 5.91 Å². The minimum Gasteiger partial charge on any atom is -0.350 e. The second-order valence-corrected chi connectivity index (χ2v) is 8.23. The number of piperazine rings is 1. The minimum atomic E-state index is -0.259. The second kappa shape index (κ2) is 12.0. The van der Waals surface area contributed by atoms with Crippen LogP contribution in [0.1, 0.15) is 43.5 Å². The summed E-state index contributed by atoms with van der Waals surface area (Å²) < 4.78 is 0. The Morgan fingerprint density at radius 2 is 1.45 bits per heavy atom. The van der Waals surface area contributed by atoms with Gasteiger partial charge in [-0.3, -0.25) is 14.6 Å². The van der Waals surface area contributed by atoms with Crippen molar-refractivity contribution in [1.29, 1.82) is 0 Å². The monoisotopic (exact) mass is 422 g/mol. The molecule has 0 spiro atoms. The fourth-order valence-corrected chi connectivity index (χ4v) is 4.42. The van der Waals surface area contributed by atoms with Crippen LogP contribution >= 0.6 is 0 Å². The Morgan fingerprint density at radius 1 is 0.871 bits per heavy atom. The van der Waals surface area contributed by atoms with Crippen LogP contribution in [0.25, 0.3) is 0 Å². The Bertz CT molecular complexity index is 798. The average Bonchev–Trinajstić information content (AvgIpc) is 2.82. The molecule has 1 unspecified atom stereocenters. The highest BCUT2D eigenvalue weighted by molar-refractivity contribution is 5.83. The van der Waals surface area contributed by atoms with Gasteiger partial charge >= 0.3 is 0 Å². The summed E-state index contributed by atoms with van der Waals surface area (Å²) in [4.78, 5) is 20.5. The van der Waals surface area contributed by atoms with E-state index in [1.807, 2.05) is 30.3 Å². The molecule has 0 bridgehead atoms. The topological polar surface area (TPSA) is 38.8 Å². The van der Waals surface area contributed by atoms with Crippen LogP contribution < -0.4 is 5.32 Å². The van der Waals surface area contributed by atoms with Crippen LogP contribution in [0.4, 0.5) is 0 Å². The van der Waals surface area contributed by atoms with Crippen LogP contribution in [0.15, 0.2) is 54.6 Å². The van der Waals surface area contributed by atoms with Crippen LogP contribution in [0.5, 0.6) is 0 Å². The largest absolute Gasteiger partial charge is 0.350 e. The first-order valence-electron chi connectivity index (χ1n) is 11.7. The zero-order chi connectivity index (χ0) is 22.1. The fourth-order valence-electron chi connectivity index (χ4n) is 4.42. The summed E-state index contributed by atoms with van der Waals surface area (Å²) in [5.74, 6) is 0.0706. The van der Waals surface area contributed by atoms with E-state index < -0.39 is 0 Å². The Labute approximate surface area is 188 Å². The molecule has 5 heteroatoms. The third-order valence-electron chi connectivity index (χ3n) is 6.42. The Morgan fingerprint density at radius 3 is 2.06 bits per heavy atom. The van der Waals surface area contributed by atoms with Gasteiger partial charge in [0.05, 0.1) is 0 Å². The lowest BCUT2D eigenvalue weighted by Crippen LogP contribution is -2.45. The third-order valence-corrected chi connectivity index (χ3v) is 6.42. The summed E-state index contributed by atoms with van der Waals surface area (Å²) >= 11 is 0. The van der Waals surface area contributed by atoms with E-state index in [1.165, 1.54) is 11.1 Å². The van der Waals surface area contributed by atoms with Gasteiger partial charge in [0, 0.05) is 39.3 Å². The van der Waals surface area contributed by atoms with Crippen molar-refractivity contribution in [1.82, 2.24) is 20.0 Å². The molecule has 1 amide bonds. The van der Waals surface area contributed by atoms with Gasteiger partial charge in [0.1, 0.15) is 6.04 Å². The van der Waals surface area contributed by atoms with Gasteiger partial charge in [-0.15, -0.1) is 0 Å². The maximum absolute atomic E-state index is 13.3. The molecule has 168 valence electrons. The number of hydrogen-bond acceptors (Lipinski definition) is 4. The summed E-state index contributed by atoms with van der Waals surface area (Å²) in [6.07, 6.45) is 0. The van der Waals surface area contributed by atoms with E-state index in [9.17, 15) is 4.79 Å². The van der Waals surface area contributed by atoms with Crippen LogP contribution in [0.3, 0.4) is 0 Å². The Kier molecular flexibility index (Phi) is 9.07. The van der Waals surface area contributed by atoms with E-state index >= 15 is 0 Å². The molecule has 5 nitrogen and oxygen atoms in total. The Hall–Kier alpha value is -2.21. The molecule has 0 aromatic heterocycles. The molecule has 1 fully saturated rings. The molecular weight excluding hydrogens is 384 g/mol. The van der Waals surface area contributed by atoms with Crippen molar-refractivity contribution in [3.05, 3.63) is 71.3 Å². The van der Waals surface area contributed by atoms with E-state index in [-0.39, 0.29) is 11.9 Å². The van der Waals surface area contributed by atoms with Gasteiger partial charge in [-0.1, -0.05) is 75.4 Å². The molecule has 0 radical (unpaired) electrons. The zero-order valence-electron chi connectivity index (χ0n) is 19.4. The van der Waals surface area contributed by atoms with Crippen LogP contribution in [-0.4, -0.2) is 66.4 Å². The number of carbonyl (C=O) groups is 1. The minimum absolute atomic E-state index is 0.0706. The van der Waals surface area contributed by atoms with Crippen molar-refractivity contribution in [3.8, 4) is 0 Å². The van der Waals surface area contributed by atoms with Crippen molar-refractivity contribution < 1.29 is 4.79 Å². The molecule has 1 heterocycles. The molecular formula is C26H38N4O. The number of carbonyl (C=O) groups excluding carboxylic acids is 1. The Balaban J connectivity index is 1.66. The van der Waals surface area contributed by atoms with E-state index in [0.717, 1.165) is 57.9 Å². The predicted molar refractivity (Wildman–Crippen MR) is 128 cm³/mol. The average molecular weight is 423 g/mol. The van der Waals surface area contributed by atoms with Gasteiger partial charge in [-0.2, -0.15) is 0 Å². The first kappa shape index (κ1) is 23.5. The van der Waals surface area contributed by atoms with Gasteiger partial charge in [0.25, 0.3) is 0 Å². The number of nitrogens with zero attached hydrogens (tertiary/aromatic N) is 3. The molecule has 3 rings (SSSR count). The van der Waals surface area contributed by atoms with Crippen molar-refractivity contribution in [3.63, 3.8) is 0 Å². The highest BCUT2D eigenvalue weighted by Gasteiger charge is 2.25. The summed E-state index contributed by atoms with van der Waals surface area (Å²) in [5.41, 5.74) is 3.57. The maximum atomic E-state index is 13.3. The highest BCUT2D eigenvalue weighted by atomic mass is 16.2.